The number of rotatable bonds is 2. The fourth-order valence-corrected chi connectivity index (χ4v) is 2.45. The Morgan fingerprint density at radius 3 is 2.68 bits per heavy atom. The molecule has 1 aliphatic rings. The van der Waals surface area contributed by atoms with Gasteiger partial charge >= 0.3 is 0 Å². The minimum Gasteiger partial charge on any atom is -0.384 e. The van der Waals surface area contributed by atoms with Crippen LogP contribution in [-0.2, 0) is 0 Å². The number of aliphatic hydroxyl groups excluding tert-OH is 1. The lowest BCUT2D eigenvalue weighted by Gasteiger charge is -2.12. The zero-order valence-electron chi connectivity index (χ0n) is 11.1. The largest absolute Gasteiger partial charge is 0.384 e. The van der Waals surface area contributed by atoms with Gasteiger partial charge in [0.1, 0.15) is 6.61 Å². The van der Waals surface area contributed by atoms with E-state index in [0.29, 0.717) is 17.5 Å². The van der Waals surface area contributed by atoms with Crippen LogP contribution in [0.5, 0.6) is 0 Å². The Morgan fingerprint density at radius 2 is 2.11 bits per heavy atom. The standard InChI is InChI=1S/C16H19NO2/c1-12-4-9-15(11-12)17-16(19)14-7-5-13(6-8-14)3-2-10-18/h5-8,12,15,18H,4,9-11H2,1H3,(H,17,19). The summed E-state index contributed by atoms with van der Waals surface area (Å²) in [5.74, 6) is 6.09. The number of carbonyl (C=O) groups excluding carboxylic acids is 1. The molecular weight excluding hydrogens is 238 g/mol. The van der Waals surface area contributed by atoms with Crippen molar-refractivity contribution < 1.29 is 9.90 Å². The Kier molecular flexibility index (Phi) is 4.59. The molecule has 3 nitrogen and oxygen atoms in total. The van der Waals surface area contributed by atoms with E-state index < -0.39 is 0 Å². The third-order valence-electron chi connectivity index (χ3n) is 3.49. The van der Waals surface area contributed by atoms with Gasteiger partial charge in [-0.05, 0) is 49.4 Å². The Labute approximate surface area is 114 Å². The lowest BCUT2D eigenvalue weighted by Crippen LogP contribution is -2.32. The van der Waals surface area contributed by atoms with Gasteiger partial charge in [0.15, 0.2) is 0 Å². The summed E-state index contributed by atoms with van der Waals surface area (Å²) < 4.78 is 0. The molecule has 0 aliphatic heterocycles. The minimum absolute atomic E-state index is 0.0132. The van der Waals surface area contributed by atoms with E-state index in [2.05, 4.69) is 24.1 Å². The zero-order chi connectivity index (χ0) is 13.7. The molecule has 0 saturated heterocycles. The Bertz CT molecular complexity index is 496. The van der Waals surface area contributed by atoms with Crippen LogP contribution >= 0.6 is 0 Å². The number of carbonyl (C=O) groups is 1. The number of aliphatic hydroxyl groups is 1. The first-order valence-electron chi connectivity index (χ1n) is 6.69. The average Bonchev–Trinajstić information content (AvgIpc) is 2.82. The Balaban J connectivity index is 1.95. The van der Waals surface area contributed by atoms with Crippen LogP contribution in [0.3, 0.4) is 0 Å². The highest BCUT2D eigenvalue weighted by molar-refractivity contribution is 5.94. The molecule has 2 rings (SSSR count). The number of hydrogen-bond donors (Lipinski definition) is 2. The summed E-state index contributed by atoms with van der Waals surface area (Å²) in [5, 5.41) is 11.7. The number of nitrogens with one attached hydrogen (secondary N) is 1. The summed E-state index contributed by atoms with van der Waals surface area (Å²) in [6.45, 7) is 2.07. The van der Waals surface area contributed by atoms with Crippen molar-refractivity contribution in [2.45, 2.75) is 32.2 Å². The molecule has 0 radical (unpaired) electrons. The monoisotopic (exact) mass is 257 g/mol. The molecular formula is C16H19NO2. The van der Waals surface area contributed by atoms with E-state index in [1.165, 1.54) is 6.42 Å². The molecule has 1 amide bonds. The van der Waals surface area contributed by atoms with Crippen LogP contribution in [0.25, 0.3) is 0 Å². The molecule has 1 aliphatic carbocycles. The van der Waals surface area contributed by atoms with Crippen LogP contribution in [0, 0.1) is 17.8 Å². The highest BCUT2D eigenvalue weighted by Crippen LogP contribution is 2.24. The van der Waals surface area contributed by atoms with Gasteiger partial charge in [-0.25, -0.2) is 0 Å². The second kappa shape index (κ2) is 6.40. The molecule has 0 aromatic heterocycles. The van der Waals surface area contributed by atoms with Gasteiger partial charge in [0.25, 0.3) is 5.91 Å². The summed E-state index contributed by atoms with van der Waals surface area (Å²) in [6, 6.07) is 7.46. The molecule has 0 bridgehead atoms. The topological polar surface area (TPSA) is 49.3 Å². The maximum absolute atomic E-state index is 12.0. The van der Waals surface area contributed by atoms with E-state index >= 15 is 0 Å². The van der Waals surface area contributed by atoms with Crippen LogP contribution in [0.1, 0.15) is 42.1 Å². The molecule has 2 N–H and O–H groups in total. The van der Waals surface area contributed by atoms with Gasteiger partial charge in [-0.3, -0.25) is 4.79 Å². The zero-order valence-corrected chi connectivity index (χ0v) is 11.1. The molecule has 0 spiro atoms. The first-order valence-corrected chi connectivity index (χ1v) is 6.69. The third kappa shape index (κ3) is 3.84. The second-order valence-corrected chi connectivity index (χ2v) is 5.13. The summed E-state index contributed by atoms with van der Waals surface area (Å²) in [6.07, 6.45) is 3.35. The quantitative estimate of drug-likeness (QED) is 0.796. The summed E-state index contributed by atoms with van der Waals surface area (Å²) in [4.78, 5) is 12.0. The second-order valence-electron chi connectivity index (χ2n) is 5.13. The van der Waals surface area contributed by atoms with Crippen molar-refractivity contribution in [3.8, 4) is 11.8 Å². The van der Waals surface area contributed by atoms with Crippen LogP contribution < -0.4 is 5.32 Å². The van der Waals surface area contributed by atoms with Gasteiger partial charge in [0, 0.05) is 17.2 Å². The summed E-state index contributed by atoms with van der Waals surface area (Å²) >= 11 is 0. The molecule has 100 valence electrons. The van der Waals surface area contributed by atoms with Crippen molar-refractivity contribution in [2.24, 2.45) is 5.92 Å². The van der Waals surface area contributed by atoms with Gasteiger partial charge in [0.2, 0.25) is 0 Å². The van der Waals surface area contributed by atoms with Gasteiger partial charge in [-0.1, -0.05) is 18.8 Å². The summed E-state index contributed by atoms with van der Waals surface area (Å²) in [5.41, 5.74) is 1.47. The minimum atomic E-state index is -0.151. The van der Waals surface area contributed by atoms with Crippen LogP contribution in [-0.4, -0.2) is 23.7 Å². The smallest absolute Gasteiger partial charge is 0.251 e. The van der Waals surface area contributed by atoms with Crippen LogP contribution in [0.15, 0.2) is 24.3 Å². The van der Waals surface area contributed by atoms with E-state index in [1.54, 1.807) is 24.3 Å². The van der Waals surface area contributed by atoms with Crippen molar-refractivity contribution in [3.63, 3.8) is 0 Å². The molecule has 1 aromatic rings. The number of hydrogen-bond acceptors (Lipinski definition) is 2. The first kappa shape index (κ1) is 13.6. The molecule has 2 atom stereocenters. The van der Waals surface area contributed by atoms with Crippen LogP contribution in [0.4, 0.5) is 0 Å². The summed E-state index contributed by atoms with van der Waals surface area (Å²) in [7, 11) is 0. The highest BCUT2D eigenvalue weighted by Gasteiger charge is 2.22. The first-order chi connectivity index (χ1) is 9.19. The van der Waals surface area contributed by atoms with Gasteiger partial charge < -0.3 is 10.4 Å². The Hall–Kier alpha value is -1.79. The number of benzene rings is 1. The lowest BCUT2D eigenvalue weighted by molar-refractivity contribution is 0.0937. The van der Waals surface area contributed by atoms with E-state index in [9.17, 15) is 4.79 Å². The van der Waals surface area contributed by atoms with Crippen molar-refractivity contribution in [3.05, 3.63) is 35.4 Å². The van der Waals surface area contributed by atoms with Crippen molar-refractivity contribution in [1.82, 2.24) is 5.32 Å². The molecule has 3 heteroatoms. The van der Waals surface area contributed by atoms with E-state index in [-0.39, 0.29) is 12.5 Å². The van der Waals surface area contributed by atoms with Gasteiger partial charge in [0.05, 0.1) is 0 Å². The fraction of sp³-hybridized carbons (Fsp3) is 0.438. The molecule has 19 heavy (non-hydrogen) atoms. The van der Waals surface area contributed by atoms with Gasteiger partial charge in [-0.2, -0.15) is 0 Å². The molecule has 2 unspecified atom stereocenters. The Morgan fingerprint density at radius 1 is 1.37 bits per heavy atom. The van der Waals surface area contributed by atoms with Crippen molar-refractivity contribution in [2.75, 3.05) is 6.61 Å². The van der Waals surface area contributed by atoms with Crippen molar-refractivity contribution in [1.29, 1.82) is 0 Å². The third-order valence-corrected chi connectivity index (χ3v) is 3.49. The normalized spacial score (nSPS) is 21.6. The van der Waals surface area contributed by atoms with E-state index in [4.69, 9.17) is 5.11 Å². The molecule has 0 heterocycles. The number of amides is 1. The predicted octanol–water partition coefficient (Wildman–Crippen LogP) is 1.95. The highest BCUT2D eigenvalue weighted by atomic mass is 16.2. The maximum atomic E-state index is 12.0. The van der Waals surface area contributed by atoms with E-state index in [0.717, 1.165) is 18.4 Å². The lowest BCUT2D eigenvalue weighted by atomic mass is 10.1. The average molecular weight is 257 g/mol. The van der Waals surface area contributed by atoms with Gasteiger partial charge in [-0.15, -0.1) is 0 Å². The van der Waals surface area contributed by atoms with Crippen molar-refractivity contribution >= 4 is 5.91 Å². The predicted molar refractivity (Wildman–Crippen MR) is 74.7 cm³/mol. The maximum Gasteiger partial charge on any atom is 0.251 e. The molecule has 1 aromatic carbocycles. The molecule has 1 saturated carbocycles. The fourth-order valence-electron chi connectivity index (χ4n) is 2.45. The van der Waals surface area contributed by atoms with Crippen LogP contribution in [0.2, 0.25) is 0 Å². The SMILES string of the molecule is CC1CCC(NC(=O)c2ccc(C#CCO)cc2)C1. The molecule has 1 fully saturated rings. The van der Waals surface area contributed by atoms with E-state index in [1.807, 2.05) is 0 Å².